The van der Waals surface area contributed by atoms with Crippen LogP contribution in [0.1, 0.15) is 5.76 Å². The van der Waals surface area contributed by atoms with Crippen molar-refractivity contribution in [3.05, 3.63) is 44.5 Å². The quantitative estimate of drug-likeness (QED) is 0.649. The molecule has 0 saturated heterocycles. The van der Waals surface area contributed by atoms with Crippen molar-refractivity contribution >= 4 is 16.5 Å². The van der Waals surface area contributed by atoms with E-state index in [9.17, 15) is 14.9 Å². The van der Waals surface area contributed by atoms with Crippen LogP contribution in [0.4, 0.5) is 5.69 Å². The molecule has 0 aliphatic rings. The molecule has 0 saturated carbocycles. The molecule has 0 aliphatic heterocycles. The summed E-state index contributed by atoms with van der Waals surface area (Å²) >= 11 is 0. The van der Waals surface area contributed by atoms with Crippen LogP contribution in [0.5, 0.6) is 5.75 Å². The van der Waals surface area contributed by atoms with E-state index in [0.29, 0.717) is 5.39 Å². The monoisotopic (exact) mass is 251 g/mol. The third-order valence-corrected chi connectivity index (χ3v) is 2.46. The highest BCUT2D eigenvalue weighted by Gasteiger charge is 2.18. The van der Waals surface area contributed by atoms with Gasteiger partial charge in [0.25, 0.3) is 0 Å². The Morgan fingerprint density at radius 3 is 2.72 bits per heavy atom. The first-order valence-corrected chi connectivity index (χ1v) is 4.97. The van der Waals surface area contributed by atoms with Gasteiger partial charge in [0, 0.05) is 6.07 Å². The van der Waals surface area contributed by atoms with Crippen LogP contribution in [0.15, 0.2) is 27.4 Å². The fraction of sp³-hybridized carbons (Fsp3) is 0.182. The Balaban J connectivity index is 2.83. The molecule has 7 nitrogen and oxygen atoms in total. The zero-order chi connectivity index (χ0) is 13.3. The van der Waals surface area contributed by atoms with Crippen molar-refractivity contribution in [1.29, 1.82) is 0 Å². The number of nitrogens with zero attached hydrogens (tertiary/aromatic N) is 1. The highest BCUT2D eigenvalue weighted by Crippen LogP contribution is 2.30. The van der Waals surface area contributed by atoms with Crippen LogP contribution < -0.4 is 10.4 Å². The Kier molecular flexibility index (Phi) is 2.99. The molecule has 2 aromatic rings. The van der Waals surface area contributed by atoms with Crippen molar-refractivity contribution in [1.82, 2.24) is 0 Å². The number of aliphatic hydroxyl groups excluding tert-OH is 1. The largest absolute Gasteiger partial charge is 0.490 e. The summed E-state index contributed by atoms with van der Waals surface area (Å²) in [5, 5.41) is 20.2. The van der Waals surface area contributed by atoms with Gasteiger partial charge in [0.05, 0.1) is 17.4 Å². The third-order valence-electron chi connectivity index (χ3n) is 2.46. The normalized spacial score (nSPS) is 10.6. The van der Waals surface area contributed by atoms with E-state index in [0.717, 1.165) is 6.07 Å². The smallest absolute Gasteiger partial charge is 0.344 e. The van der Waals surface area contributed by atoms with Crippen LogP contribution >= 0.6 is 0 Å². The van der Waals surface area contributed by atoms with Gasteiger partial charge in [0.15, 0.2) is 5.75 Å². The van der Waals surface area contributed by atoms with Gasteiger partial charge >= 0.3 is 11.3 Å². The molecule has 2 rings (SSSR count). The molecule has 0 fully saturated rings. The highest BCUT2D eigenvalue weighted by molar-refractivity contribution is 5.86. The van der Waals surface area contributed by atoms with Gasteiger partial charge in [0.2, 0.25) is 0 Å². The summed E-state index contributed by atoms with van der Waals surface area (Å²) in [6, 6.07) is 3.90. The molecule has 1 aromatic heterocycles. The fourth-order valence-corrected chi connectivity index (χ4v) is 1.64. The van der Waals surface area contributed by atoms with Crippen LogP contribution in [-0.2, 0) is 6.61 Å². The molecule has 1 N–H and O–H groups in total. The van der Waals surface area contributed by atoms with Crippen LogP contribution in [0, 0.1) is 10.1 Å². The summed E-state index contributed by atoms with van der Waals surface area (Å²) in [5.41, 5.74) is -1.05. The van der Waals surface area contributed by atoms with Crippen molar-refractivity contribution in [2.45, 2.75) is 6.61 Å². The molecule has 0 atom stereocenters. The lowest BCUT2D eigenvalue weighted by molar-refractivity contribution is -0.385. The Labute approximate surface area is 100 Å². The molecular formula is C11H9NO6. The summed E-state index contributed by atoms with van der Waals surface area (Å²) in [5.74, 6) is 0.130. The van der Waals surface area contributed by atoms with E-state index in [4.69, 9.17) is 14.3 Å². The summed E-state index contributed by atoms with van der Waals surface area (Å²) < 4.78 is 9.67. The number of rotatable bonds is 3. The van der Waals surface area contributed by atoms with E-state index in [1.165, 1.54) is 19.2 Å². The van der Waals surface area contributed by atoms with Gasteiger partial charge in [-0.15, -0.1) is 0 Å². The number of aliphatic hydroxyl groups is 1. The van der Waals surface area contributed by atoms with E-state index in [2.05, 4.69) is 0 Å². The van der Waals surface area contributed by atoms with Crippen LogP contribution in [0.2, 0.25) is 0 Å². The average molecular weight is 251 g/mol. The molecule has 18 heavy (non-hydrogen) atoms. The molecule has 1 heterocycles. The Hall–Kier alpha value is -2.41. The second-order valence-corrected chi connectivity index (χ2v) is 3.53. The standard InChI is InChI=1S/C11H9NO6/c1-17-10-3-6-2-7(5-13)18-11(14)8(6)4-9(10)12(15)16/h2-4,13H,5H2,1H3. The van der Waals surface area contributed by atoms with E-state index in [-0.39, 0.29) is 22.6 Å². The molecule has 0 amide bonds. The molecule has 0 bridgehead atoms. The maximum Gasteiger partial charge on any atom is 0.344 e. The maximum absolute atomic E-state index is 11.6. The van der Waals surface area contributed by atoms with Gasteiger partial charge in [-0.2, -0.15) is 0 Å². The van der Waals surface area contributed by atoms with E-state index in [1.54, 1.807) is 0 Å². The number of methoxy groups -OCH3 is 1. The van der Waals surface area contributed by atoms with Crippen molar-refractivity contribution in [3.63, 3.8) is 0 Å². The zero-order valence-corrected chi connectivity index (χ0v) is 9.37. The van der Waals surface area contributed by atoms with Gasteiger partial charge in [-0.1, -0.05) is 0 Å². The first kappa shape index (κ1) is 12.1. The SMILES string of the molecule is COc1cc2cc(CO)oc(=O)c2cc1[N+](=O)[O-]. The van der Waals surface area contributed by atoms with Crippen molar-refractivity contribution in [3.8, 4) is 5.75 Å². The molecule has 0 radical (unpaired) electrons. The predicted molar refractivity (Wildman–Crippen MR) is 61.6 cm³/mol. The van der Waals surface area contributed by atoms with Gasteiger partial charge in [-0.05, 0) is 17.5 Å². The maximum atomic E-state index is 11.6. The molecule has 7 heteroatoms. The van der Waals surface area contributed by atoms with Crippen LogP contribution in [-0.4, -0.2) is 17.1 Å². The molecule has 0 unspecified atom stereocenters. The van der Waals surface area contributed by atoms with Crippen LogP contribution in [0.3, 0.4) is 0 Å². The lowest BCUT2D eigenvalue weighted by atomic mass is 10.1. The third kappa shape index (κ3) is 1.91. The molecular weight excluding hydrogens is 242 g/mol. The zero-order valence-electron chi connectivity index (χ0n) is 9.37. The minimum absolute atomic E-state index is 0.0435. The van der Waals surface area contributed by atoms with E-state index in [1.807, 2.05) is 0 Å². The highest BCUT2D eigenvalue weighted by atomic mass is 16.6. The summed E-state index contributed by atoms with van der Waals surface area (Å²) in [6.45, 7) is -0.426. The number of nitro groups is 1. The van der Waals surface area contributed by atoms with Gasteiger partial charge in [0.1, 0.15) is 12.4 Å². The molecule has 0 spiro atoms. The average Bonchev–Trinajstić information content (AvgIpc) is 2.36. The van der Waals surface area contributed by atoms with Gasteiger partial charge in [-0.25, -0.2) is 4.79 Å². The van der Waals surface area contributed by atoms with Crippen molar-refractivity contribution < 1.29 is 19.2 Å². The van der Waals surface area contributed by atoms with Gasteiger partial charge < -0.3 is 14.3 Å². The fourth-order valence-electron chi connectivity index (χ4n) is 1.64. The van der Waals surface area contributed by atoms with Crippen molar-refractivity contribution in [2.24, 2.45) is 0 Å². The second kappa shape index (κ2) is 4.46. The predicted octanol–water partition coefficient (Wildman–Crippen LogP) is 1.20. The first-order chi connectivity index (χ1) is 8.56. The summed E-state index contributed by atoms with van der Waals surface area (Å²) in [7, 11) is 1.30. The Morgan fingerprint density at radius 2 is 2.17 bits per heavy atom. The number of fused-ring (bicyclic) bond motifs is 1. The number of benzene rings is 1. The lowest BCUT2D eigenvalue weighted by Crippen LogP contribution is -2.04. The number of nitro benzene ring substituents is 1. The van der Waals surface area contributed by atoms with Gasteiger partial charge in [-0.3, -0.25) is 10.1 Å². The number of hydrogen-bond acceptors (Lipinski definition) is 6. The Bertz CT molecular complexity index is 675. The van der Waals surface area contributed by atoms with Crippen molar-refractivity contribution in [2.75, 3.05) is 7.11 Å². The summed E-state index contributed by atoms with van der Waals surface area (Å²) in [4.78, 5) is 21.8. The van der Waals surface area contributed by atoms with E-state index < -0.39 is 17.2 Å². The second-order valence-electron chi connectivity index (χ2n) is 3.53. The molecule has 0 aliphatic carbocycles. The lowest BCUT2D eigenvalue weighted by Gasteiger charge is -2.04. The number of ether oxygens (including phenoxy) is 1. The van der Waals surface area contributed by atoms with Crippen LogP contribution in [0.25, 0.3) is 10.8 Å². The minimum atomic E-state index is -0.734. The summed E-state index contributed by atoms with van der Waals surface area (Å²) in [6.07, 6.45) is 0. The van der Waals surface area contributed by atoms with E-state index >= 15 is 0 Å². The first-order valence-electron chi connectivity index (χ1n) is 4.97. The molecule has 94 valence electrons. The topological polar surface area (TPSA) is 103 Å². The molecule has 1 aromatic carbocycles. The number of hydrogen-bond donors (Lipinski definition) is 1. The minimum Gasteiger partial charge on any atom is -0.490 e. The Morgan fingerprint density at radius 1 is 1.44 bits per heavy atom.